The average Bonchev–Trinajstić information content (AvgIpc) is 2.74. The molecule has 0 unspecified atom stereocenters. The molecule has 0 saturated heterocycles. The van der Waals surface area contributed by atoms with Crippen LogP contribution in [0.4, 0.5) is 10.1 Å². The van der Waals surface area contributed by atoms with Crippen molar-refractivity contribution in [3.63, 3.8) is 0 Å². The van der Waals surface area contributed by atoms with Crippen molar-refractivity contribution < 1.29 is 18.7 Å². The summed E-state index contributed by atoms with van der Waals surface area (Å²) in [5, 5.41) is 3.14. The second-order valence-electron chi connectivity index (χ2n) is 6.34. The molecule has 6 heteroatoms. The van der Waals surface area contributed by atoms with Crippen molar-refractivity contribution in [2.24, 2.45) is 0 Å². The van der Waals surface area contributed by atoms with Crippen LogP contribution in [0.2, 0.25) is 5.02 Å². The number of halogens is 2. The summed E-state index contributed by atoms with van der Waals surface area (Å²) >= 11 is 6.07. The fourth-order valence-corrected chi connectivity index (χ4v) is 2.94. The van der Waals surface area contributed by atoms with Crippen LogP contribution in [0.5, 0.6) is 5.75 Å². The van der Waals surface area contributed by atoms with Gasteiger partial charge in [0.15, 0.2) is 11.9 Å². The van der Waals surface area contributed by atoms with E-state index < -0.39 is 12.0 Å². The van der Waals surface area contributed by atoms with Crippen molar-refractivity contribution in [1.82, 2.24) is 0 Å². The van der Waals surface area contributed by atoms with E-state index in [0.29, 0.717) is 28.4 Å². The van der Waals surface area contributed by atoms with Gasteiger partial charge in [0.05, 0.1) is 5.69 Å². The Balaban J connectivity index is 1.82. The molecule has 1 N–H and O–H groups in total. The summed E-state index contributed by atoms with van der Waals surface area (Å²) in [5.41, 5.74) is 1.11. The number of hydrogen-bond donors (Lipinski definition) is 1. The predicted octanol–water partition coefficient (Wildman–Crippen LogP) is 5.51. The predicted molar refractivity (Wildman–Crippen MR) is 111 cm³/mol. The molecule has 0 fully saturated rings. The number of hydrogen-bond acceptors (Lipinski definition) is 3. The van der Waals surface area contributed by atoms with Crippen LogP contribution in [0.1, 0.15) is 29.3 Å². The largest absolute Gasteiger partial charge is 0.481 e. The van der Waals surface area contributed by atoms with Gasteiger partial charge in [0, 0.05) is 16.1 Å². The van der Waals surface area contributed by atoms with Crippen molar-refractivity contribution >= 4 is 29.0 Å². The van der Waals surface area contributed by atoms with Gasteiger partial charge in [-0.1, -0.05) is 48.9 Å². The third-order valence-electron chi connectivity index (χ3n) is 4.28. The fourth-order valence-electron chi connectivity index (χ4n) is 2.77. The van der Waals surface area contributed by atoms with E-state index in [1.807, 2.05) is 6.07 Å². The SMILES string of the molecule is CC[C@H](Oc1ccc(F)cc1)C(=O)Nc1ccc(Cl)cc1C(=O)c1ccccc1. The average molecular weight is 412 g/mol. The van der Waals surface area contributed by atoms with Gasteiger partial charge in [-0.3, -0.25) is 9.59 Å². The van der Waals surface area contributed by atoms with Crippen LogP contribution in [0.15, 0.2) is 72.8 Å². The van der Waals surface area contributed by atoms with Gasteiger partial charge in [0.25, 0.3) is 5.91 Å². The van der Waals surface area contributed by atoms with Gasteiger partial charge < -0.3 is 10.1 Å². The Kier molecular flexibility index (Phi) is 6.62. The van der Waals surface area contributed by atoms with Gasteiger partial charge in [-0.2, -0.15) is 0 Å². The molecule has 0 aliphatic heterocycles. The minimum absolute atomic E-state index is 0.254. The van der Waals surface area contributed by atoms with Crippen molar-refractivity contribution in [2.45, 2.75) is 19.4 Å². The molecule has 0 aliphatic carbocycles. The van der Waals surface area contributed by atoms with Crippen LogP contribution in [0, 0.1) is 5.82 Å². The van der Waals surface area contributed by atoms with Crippen molar-refractivity contribution in [1.29, 1.82) is 0 Å². The quantitative estimate of drug-likeness (QED) is 0.522. The van der Waals surface area contributed by atoms with Gasteiger partial charge in [-0.25, -0.2) is 4.39 Å². The number of anilines is 1. The highest BCUT2D eigenvalue weighted by atomic mass is 35.5. The van der Waals surface area contributed by atoms with Crippen LogP contribution >= 0.6 is 11.6 Å². The lowest BCUT2D eigenvalue weighted by molar-refractivity contribution is -0.122. The molecule has 0 saturated carbocycles. The summed E-state index contributed by atoms with van der Waals surface area (Å²) in [6.07, 6.45) is -0.422. The summed E-state index contributed by atoms with van der Waals surface area (Å²) in [5.74, 6) is -0.678. The Bertz CT molecular complexity index is 1010. The molecular formula is C23H19ClFNO3. The van der Waals surface area contributed by atoms with E-state index in [9.17, 15) is 14.0 Å². The second-order valence-corrected chi connectivity index (χ2v) is 6.78. The van der Waals surface area contributed by atoms with E-state index in [1.165, 1.54) is 30.3 Å². The molecule has 4 nitrogen and oxygen atoms in total. The maximum Gasteiger partial charge on any atom is 0.265 e. The Labute approximate surface area is 173 Å². The zero-order chi connectivity index (χ0) is 20.8. The maximum atomic E-state index is 13.1. The molecule has 0 bridgehead atoms. The van der Waals surface area contributed by atoms with E-state index in [4.69, 9.17) is 16.3 Å². The first-order chi connectivity index (χ1) is 14.0. The number of carbonyl (C=O) groups excluding carboxylic acids is 2. The molecule has 0 spiro atoms. The van der Waals surface area contributed by atoms with Gasteiger partial charge in [-0.15, -0.1) is 0 Å². The minimum Gasteiger partial charge on any atom is -0.481 e. The summed E-state index contributed by atoms with van der Waals surface area (Å²) in [6.45, 7) is 1.80. The summed E-state index contributed by atoms with van der Waals surface area (Å²) in [7, 11) is 0. The Morgan fingerprint density at radius 2 is 1.72 bits per heavy atom. The summed E-state index contributed by atoms with van der Waals surface area (Å²) in [6, 6.07) is 18.9. The highest BCUT2D eigenvalue weighted by molar-refractivity contribution is 6.31. The first-order valence-electron chi connectivity index (χ1n) is 9.10. The van der Waals surface area contributed by atoms with E-state index in [0.717, 1.165) is 0 Å². The number of ketones is 1. The number of amides is 1. The van der Waals surface area contributed by atoms with Crippen molar-refractivity contribution in [3.05, 3.63) is 94.8 Å². The van der Waals surface area contributed by atoms with Gasteiger partial charge in [0.2, 0.25) is 0 Å². The first-order valence-corrected chi connectivity index (χ1v) is 9.48. The van der Waals surface area contributed by atoms with Crippen molar-refractivity contribution in [2.75, 3.05) is 5.32 Å². The normalized spacial score (nSPS) is 11.6. The third kappa shape index (κ3) is 5.21. The molecule has 0 aliphatic rings. The molecule has 0 heterocycles. The highest BCUT2D eigenvalue weighted by Gasteiger charge is 2.22. The lowest BCUT2D eigenvalue weighted by Gasteiger charge is -2.18. The molecular weight excluding hydrogens is 393 g/mol. The standard InChI is InChI=1S/C23H19ClFNO3/c1-2-21(29-18-11-9-17(25)10-12-18)23(28)26-20-13-8-16(24)14-19(20)22(27)15-6-4-3-5-7-15/h3-14,21H,2H2,1H3,(H,26,28)/t21-/m0/s1. The third-order valence-corrected chi connectivity index (χ3v) is 4.51. The number of carbonyl (C=O) groups is 2. The molecule has 3 aromatic carbocycles. The molecule has 1 amide bonds. The minimum atomic E-state index is -0.809. The topological polar surface area (TPSA) is 55.4 Å². The van der Waals surface area contributed by atoms with Crippen LogP contribution in [-0.2, 0) is 4.79 Å². The molecule has 148 valence electrons. The number of rotatable bonds is 7. The summed E-state index contributed by atoms with van der Waals surface area (Å²) in [4.78, 5) is 25.6. The summed E-state index contributed by atoms with van der Waals surface area (Å²) < 4.78 is 18.7. The Morgan fingerprint density at radius 3 is 2.38 bits per heavy atom. The van der Waals surface area contributed by atoms with Crippen LogP contribution in [-0.4, -0.2) is 17.8 Å². The van der Waals surface area contributed by atoms with Crippen molar-refractivity contribution in [3.8, 4) is 5.75 Å². The molecule has 3 rings (SSSR count). The van der Waals surface area contributed by atoms with Gasteiger partial charge >= 0.3 is 0 Å². The van der Waals surface area contributed by atoms with Gasteiger partial charge in [-0.05, 0) is 48.9 Å². The molecule has 3 aromatic rings. The van der Waals surface area contributed by atoms with Gasteiger partial charge in [0.1, 0.15) is 11.6 Å². The zero-order valence-electron chi connectivity index (χ0n) is 15.7. The fraction of sp³-hybridized carbons (Fsp3) is 0.130. The molecule has 29 heavy (non-hydrogen) atoms. The van der Waals surface area contributed by atoms with Crippen LogP contribution in [0.25, 0.3) is 0 Å². The zero-order valence-corrected chi connectivity index (χ0v) is 16.4. The maximum absolute atomic E-state index is 13.1. The van der Waals surface area contributed by atoms with Crippen LogP contribution in [0.3, 0.4) is 0 Å². The monoisotopic (exact) mass is 411 g/mol. The second kappa shape index (κ2) is 9.34. The number of benzene rings is 3. The Morgan fingerprint density at radius 1 is 1.03 bits per heavy atom. The smallest absolute Gasteiger partial charge is 0.265 e. The lowest BCUT2D eigenvalue weighted by Crippen LogP contribution is -2.33. The molecule has 1 atom stereocenters. The number of nitrogens with one attached hydrogen (secondary N) is 1. The van der Waals surface area contributed by atoms with E-state index >= 15 is 0 Å². The molecule has 0 aromatic heterocycles. The number of ether oxygens (including phenoxy) is 1. The molecule has 0 radical (unpaired) electrons. The van der Waals surface area contributed by atoms with E-state index in [-0.39, 0.29) is 17.2 Å². The van der Waals surface area contributed by atoms with Crippen LogP contribution < -0.4 is 10.1 Å². The lowest BCUT2D eigenvalue weighted by atomic mass is 10.0. The Hall–Kier alpha value is -3.18. The van der Waals surface area contributed by atoms with E-state index in [1.54, 1.807) is 43.3 Å². The van der Waals surface area contributed by atoms with E-state index in [2.05, 4.69) is 5.32 Å². The highest BCUT2D eigenvalue weighted by Crippen LogP contribution is 2.24. The first kappa shape index (κ1) is 20.6.